The van der Waals surface area contributed by atoms with E-state index in [1.54, 1.807) is 0 Å². The van der Waals surface area contributed by atoms with Gasteiger partial charge >= 0.3 is 6.03 Å². The maximum Gasteiger partial charge on any atom is 0.319 e. The number of likely N-dealkylation sites (tertiary alicyclic amines) is 1. The van der Waals surface area contributed by atoms with Crippen molar-refractivity contribution in [2.75, 3.05) is 66.5 Å². The lowest BCUT2D eigenvalue weighted by Gasteiger charge is -2.37. The number of halogens is 1. The molecule has 27 heavy (non-hydrogen) atoms. The van der Waals surface area contributed by atoms with Crippen LogP contribution in [0.4, 0.5) is 4.79 Å². The van der Waals surface area contributed by atoms with E-state index >= 15 is 0 Å². The molecule has 0 radical (unpaired) electrons. The molecule has 0 saturated carbocycles. The Morgan fingerprint density at radius 3 is 2.33 bits per heavy atom. The van der Waals surface area contributed by atoms with E-state index in [9.17, 15) is 4.79 Å². The molecule has 2 amide bonds. The lowest BCUT2D eigenvalue weighted by atomic mass is 9.96. The molecule has 0 unspecified atom stereocenters. The van der Waals surface area contributed by atoms with E-state index < -0.39 is 0 Å². The Labute approximate surface area is 168 Å². The van der Waals surface area contributed by atoms with Crippen molar-refractivity contribution in [2.45, 2.75) is 19.3 Å². The molecule has 6 heteroatoms. The molecule has 0 aromatic heterocycles. The monoisotopic (exact) mass is 392 g/mol. The number of rotatable bonds is 5. The summed E-state index contributed by atoms with van der Waals surface area (Å²) in [5, 5.41) is 0.801. The molecule has 0 atom stereocenters. The number of piperazine rings is 1. The Hall–Kier alpha value is -1.30. The predicted octanol–water partition coefficient (Wildman–Crippen LogP) is 2.89. The smallest absolute Gasteiger partial charge is 0.319 e. The van der Waals surface area contributed by atoms with Crippen LogP contribution in [0.25, 0.3) is 0 Å². The standard InChI is InChI=1S/C21H33ClN4O/c1-23-13-15-26(16-14-23)21(27)24(2)17-19-8-11-25(12-9-19)10-7-18-3-5-20(22)6-4-18/h3-6,19H,7-17H2,1-2H3. The molecule has 2 heterocycles. The average Bonchev–Trinajstić information content (AvgIpc) is 2.68. The zero-order chi connectivity index (χ0) is 19.2. The van der Waals surface area contributed by atoms with Gasteiger partial charge in [-0.05, 0) is 63.0 Å². The molecule has 5 nitrogen and oxygen atoms in total. The van der Waals surface area contributed by atoms with Gasteiger partial charge in [0.25, 0.3) is 0 Å². The SMILES string of the molecule is CN1CCN(C(=O)N(C)CC2CCN(CCc3ccc(Cl)cc3)CC2)CC1. The number of piperidine rings is 1. The summed E-state index contributed by atoms with van der Waals surface area (Å²) in [7, 11) is 4.08. The van der Waals surface area contributed by atoms with Gasteiger partial charge in [-0.2, -0.15) is 0 Å². The summed E-state index contributed by atoms with van der Waals surface area (Å²) in [4.78, 5) is 21.4. The number of carbonyl (C=O) groups excluding carboxylic acids is 1. The van der Waals surface area contributed by atoms with Crippen molar-refractivity contribution in [1.29, 1.82) is 0 Å². The molecule has 2 aliphatic rings. The first-order valence-electron chi connectivity index (χ1n) is 10.2. The number of hydrogen-bond acceptors (Lipinski definition) is 3. The van der Waals surface area contributed by atoms with E-state index in [-0.39, 0.29) is 6.03 Å². The van der Waals surface area contributed by atoms with E-state index in [0.29, 0.717) is 5.92 Å². The van der Waals surface area contributed by atoms with Gasteiger partial charge in [0.2, 0.25) is 0 Å². The van der Waals surface area contributed by atoms with Crippen LogP contribution in [0.1, 0.15) is 18.4 Å². The first-order valence-corrected chi connectivity index (χ1v) is 10.5. The third kappa shape index (κ3) is 6.09. The van der Waals surface area contributed by atoms with Gasteiger partial charge < -0.3 is 19.6 Å². The third-order valence-electron chi connectivity index (χ3n) is 5.97. The van der Waals surface area contributed by atoms with Crippen LogP contribution in [0, 0.1) is 5.92 Å². The first-order chi connectivity index (χ1) is 13.0. The number of carbonyl (C=O) groups is 1. The number of hydrogen-bond donors (Lipinski definition) is 0. The topological polar surface area (TPSA) is 30.0 Å². The summed E-state index contributed by atoms with van der Waals surface area (Å²) in [6.07, 6.45) is 3.44. The van der Waals surface area contributed by atoms with Crippen molar-refractivity contribution in [2.24, 2.45) is 5.92 Å². The minimum Gasteiger partial charge on any atom is -0.327 e. The minimum absolute atomic E-state index is 0.202. The van der Waals surface area contributed by atoms with E-state index in [1.165, 1.54) is 18.4 Å². The summed E-state index contributed by atoms with van der Waals surface area (Å²) in [6.45, 7) is 7.91. The summed E-state index contributed by atoms with van der Waals surface area (Å²) in [5.74, 6) is 0.623. The van der Waals surface area contributed by atoms with Crippen molar-refractivity contribution < 1.29 is 4.79 Å². The molecule has 1 aromatic carbocycles. The van der Waals surface area contributed by atoms with Crippen molar-refractivity contribution in [1.82, 2.24) is 19.6 Å². The molecule has 2 saturated heterocycles. The fourth-order valence-corrected chi connectivity index (χ4v) is 4.16. The van der Waals surface area contributed by atoms with E-state index in [4.69, 9.17) is 11.6 Å². The zero-order valence-electron chi connectivity index (χ0n) is 16.7. The minimum atomic E-state index is 0.202. The Morgan fingerprint density at radius 1 is 1.07 bits per heavy atom. The molecular weight excluding hydrogens is 360 g/mol. The normalized spacial score (nSPS) is 20.0. The van der Waals surface area contributed by atoms with Gasteiger partial charge in [0, 0.05) is 51.3 Å². The van der Waals surface area contributed by atoms with Gasteiger partial charge in [-0.1, -0.05) is 23.7 Å². The van der Waals surface area contributed by atoms with Crippen LogP contribution in [0.3, 0.4) is 0 Å². The van der Waals surface area contributed by atoms with Gasteiger partial charge in [0.15, 0.2) is 0 Å². The van der Waals surface area contributed by atoms with Crippen LogP contribution in [0.5, 0.6) is 0 Å². The molecule has 0 aliphatic carbocycles. The second-order valence-corrected chi connectivity index (χ2v) is 8.55. The summed E-state index contributed by atoms with van der Waals surface area (Å²) < 4.78 is 0. The number of nitrogens with zero attached hydrogens (tertiary/aromatic N) is 4. The van der Waals surface area contributed by atoms with Gasteiger partial charge in [-0.15, -0.1) is 0 Å². The molecule has 150 valence electrons. The summed E-state index contributed by atoms with van der Waals surface area (Å²) in [5.41, 5.74) is 1.35. The molecule has 0 bridgehead atoms. The molecule has 2 aliphatic heterocycles. The predicted molar refractivity (Wildman–Crippen MR) is 111 cm³/mol. The largest absolute Gasteiger partial charge is 0.327 e. The highest BCUT2D eigenvalue weighted by molar-refractivity contribution is 6.30. The second kappa shape index (κ2) is 9.76. The van der Waals surface area contributed by atoms with Crippen LogP contribution in [0.15, 0.2) is 24.3 Å². The lowest BCUT2D eigenvalue weighted by Crippen LogP contribution is -2.52. The van der Waals surface area contributed by atoms with Gasteiger partial charge in [0.1, 0.15) is 0 Å². The quantitative estimate of drug-likeness (QED) is 0.771. The van der Waals surface area contributed by atoms with Gasteiger partial charge in [-0.3, -0.25) is 0 Å². The number of amides is 2. The van der Waals surface area contributed by atoms with Crippen molar-refractivity contribution >= 4 is 17.6 Å². The Kier molecular flexibility index (Phi) is 7.39. The Balaban J connectivity index is 1.36. The molecule has 0 N–H and O–H groups in total. The number of likely N-dealkylation sites (N-methyl/N-ethyl adjacent to an activating group) is 1. The fraction of sp³-hybridized carbons (Fsp3) is 0.667. The van der Waals surface area contributed by atoms with Gasteiger partial charge in [-0.25, -0.2) is 4.79 Å². The van der Waals surface area contributed by atoms with Crippen LogP contribution in [0.2, 0.25) is 5.02 Å². The first kappa shape index (κ1) is 20.4. The highest BCUT2D eigenvalue weighted by Crippen LogP contribution is 2.19. The molecule has 2 fully saturated rings. The molecule has 1 aromatic rings. The lowest BCUT2D eigenvalue weighted by molar-refractivity contribution is 0.114. The van der Waals surface area contributed by atoms with Crippen LogP contribution >= 0.6 is 11.6 Å². The maximum absolute atomic E-state index is 12.6. The van der Waals surface area contributed by atoms with Crippen molar-refractivity contribution in [3.05, 3.63) is 34.9 Å². The van der Waals surface area contributed by atoms with Gasteiger partial charge in [0.05, 0.1) is 0 Å². The zero-order valence-corrected chi connectivity index (χ0v) is 17.5. The molecular formula is C21H33ClN4O. The number of benzene rings is 1. The second-order valence-electron chi connectivity index (χ2n) is 8.11. The number of urea groups is 1. The third-order valence-corrected chi connectivity index (χ3v) is 6.22. The maximum atomic E-state index is 12.6. The molecule has 0 spiro atoms. The van der Waals surface area contributed by atoms with E-state index in [1.807, 2.05) is 29.0 Å². The van der Waals surface area contributed by atoms with Crippen LogP contribution < -0.4 is 0 Å². The fourth-order valence-electron chi connectivity index (χ4n) is 4.04. The summed E-state index contributed by atoms with van der Waals surface area (Å²) in [6, 6.07) is 8.38. The Morgan fingerprint density at radius 2 is 1.70 bits per heavy atom. The van der Waals surface area contributed by atoms with Crippen molar-refractivity contribution in [3.63, 3.8) is 0 Å². The summed E-state index contributed by atoms with van der Waals surface area (Å²) >= 11 is 5.95. The van der Waals surface area contributed by atoms with Crippen LogP contribution in [-0.2, 0) is 6.42 Å². The Bertz CT molecular complexity index is 593. The van der Waals surface area contributed by atoms with Crippen LogP contribution in [-0.4, -0.2) is 92.1 Å². The highest BCUT2D eigenvalue weighted by atomic mass is 35.5. The van der Waals surface area contributed by atoms with E-state index in [2.05, 4.69) is 29.0 Å². The molecule has 3 rings (SSSR count). The average molecular weight is 393 g/mol. The van der Waals surface area contributed by atoms with Crippen molar-refractivity contribution in [3.8, 4) is 0 Å². The highest BCUT2D eigenvalue weighted by Gasteiger charge is 2.25. The van der Waals surface area contributed by atoms with E-state index in [0.717, 1.165) is 63.8 Å².